The zero-order chi connectivity index (χ0) is 20.6. The van der Waals surface area contributed by atoms with Crippen LogP contribution in [-0.4, -0.2) is 16.8 Å². The fraction of sp³-hybridized carbons (Fsp3) is 0.0455. The van der Waals surface area contributed by atoms with Crippen LogP contribution in [0.25, 0.3) is 6.08 Å². The zero-order valence-electron chi connectivity index (χ0n) is 15.2. The molecule has 0 saturated heterocycles. The molecule has 0 saturated carbocycles. The topological polar surface area (TPSA) is 71.1 Å². The van der Waals surface area contributed by atoms with Gasteiger partial charge >= 0.3 is 0 Å². The molecule has 0 spiro atoms. The number of amides is 2. The third-order valence-corrected chi connectivity index (χ3v) is 4.24. The Morgan fingerprint density at radius 2 is 1.97 bits per heavy atom. The minimum atomic E-state index is -0.510. The molecule has 5 nitrogen and oxygen atoms in total. The van der Waals surface area contributed by atoms with Crippen LogP contribution in [0.4, 0.5) is 10.1 Å². The van der Waals surface area contributed by atoms with Crippen LogP contribution >= 0.6 is 11.6 Å². The van der Waals surface area contributed by atoms with Gasteiger partial charge in [0.1, 0.15) is 5.82 Å². The predicted octanol–water partition coefficient (Wildman–Crippen LogP) is 4.46. The van der Waals surface area contributed by atoms with Crippen molar-refractivity contribution in [1.82, 2.24) is 10.3 Å². The maximum absolute atomic E-state index is 13.1. The molecule has 146 valence electrons. The fourth-order valence-electron chi connectivity index (χ4n) is 2.50. The summed E-state index contributed by atoms with van der Waals surface area (Å²) >= 11 is 5.72. The van der Waals surface area contributed by atoms with Crippen LogP contribution in [0.5, 0.6) is 0 Å². The maximum Gasteiger partial charge on any atom is 0.257 e. The Kier molecular flexibility index (Phi) is 6.71. The third-order valence-electron chi connectivity index (χ3n) is 3.95. The molecule has 2 amide bonds. The second-order valence-corrected chi connectivity index (χ2v) is 6.53. The Morgan fingerprint density at radius 3 is 2.72 bits per heavy atom. The van der Waals surface area contributed by atoms with E-state index in [0.717, 1.165) is 5.56 Å². The summed E-state index contributed by atoms with van der Waals surface area (Å²) in [6.07, 6.45) is 5.97. The lowest BCUT2D eigenvalue weighted by Crippen LogP contribution is -2.20. The number of carbonyl (C=O) groups excluding carboxylic acids is 2. The lowest BCUT2D eigenvalue weighted by atomic mass is 10.2. The summed E-state index contributed by atoms with van der Waals surface area (Å²) in [5.74, 6) is -1.08. The number of anilines is 1. The molecule has 3 aromatic rings. The minimum Gasteiger partial charge on any atom is -0.348 e. The standard InChI is InChI=1S/C22H17ClFN3O2/c23-19-12-15(6-8-20(19)24)7-9-21(28)26-13-16-3-1-5-18(11-16)27-22(29)17-4-2-10-25-14-17/h1-12,14H,13H2,(H,26,28)(H,27,29). The predicted molar refractivity (Wildman–Crippen MR) is 111 cm³/mol. The van der Waals surface area contributed by atoms with E-state index in [9.17, 15) is 14.0 Å². The van der Waals surface area contributed by atoms with E-state index in [1.807, 2.05) is 6.07 Å². The van der Waals surface area contributed by atoms with Crippen molar-refractivity contribution in [2.45, 2.75) is 6.54 Å². The van der Waals surface area contributed by atoms with Gasteiger partial charge in [0.05, 0.1) is 10.6 Å². The molecule has 2 aromatic carbocycles. The van der Waals surface area contributed by atoms with Crippen LogP contribution < -0.4 is 10.6 Å². The van der Waals surface area contributed by atoms with Crippen molar-refractivity contribution in [3.63, 3.8) is 0 Å². The number of nitrogens with one attached hydrogen (secondary N) is 2. The monoisotopic (exact) mass is 409 g/mol. The summed E-state index contributed by atoms with van der Waals surface area (Å²) in [5, 5.41) is 5.54. The van der Waals surface area contributed by atoms with Gasteiger partial charge in [-0.2, -0.15) is 0 Å². The molecule has 0 atom stereocenters. The number of halogens is 2. The minimum absolute atomic E-state index is 0.00213. The molecule has 3 rings (SSSR count). The van der Waals surface area contributed by atoms with Crippen LogP contribution in [-0.2, 0) is 11.3 Å². The quantitative estimate of drug-likeness (QED) is 0.590. The van der Waals surface area contributed by atoms with E-state index in [4.69, 9.17) is 11.6 Å². The van der Waals surface area contributed by atoms with Crippen molar-refractivity contribution in [3.05, 3.63) is 101 Å². The molecule has 0 aliphatic carbocycles. The molecule has 0 bridgehead atoms. The number of benzene rings is 2. The highest BCUT2D eigenvalue weighted by molar-refractivity contribution is 6.30. The van der Waals surface area contributed by atoms with E-state index in [-0.39, 0.29) is 23.4 Å². The maximum atomic E-state index is 13.1. The SMILES string of the molecule is O=C(C=Cc1ccc(F)c(Cl)c1)NCc1cccc(NC(=O)c2cccnc2)c1. The summed E-state index contributed by atoms with van der Waals surface area (Å²) in [6, 6.07) is 14.7. The Morgan fingerprint density at radius 1 is 1.10 bits per heavy atom. The molecular formula is C22H17ClFN3O2. The largest absolute Gasteiger partial charge is 0.348 e. The van der Waals surface area contributed by atoms with Gasteiger partial charge < -0.3 is 10.6 Å². The normalized spacial score (nSPS) is 10.7. The first-order valence-electron chi connectivity index (χ1n) is 8.72. The van der Waals surface area contributed by atoms with E-state index >= 15 is 0 Å². The number of rotatable bonds is 6. The fourth-order valence-corrected chi connectivity index (χ4v) is 2.68. The van der Waals surface area contributed by atoms with Crippen LogP contribution in [0.15, 0.2) is 73.1 Å². The average molecular weight is 410 g/mol. The molecule has 1 heterocycles. The van der Waals surface area contributed by atoms with E-state index in [1.54, 1.807) is 42.6 Å². The number of hydrogen-bond donors (Lipinski definition) is 2. The number of carbonyl (C=O) groups is 2. The second-order valence-electron chi connectivity index (χ2n) is 6.12. The Bertz CT molecular complexity index is 1050. The zero-order valence-corrected chi connectivity index (χ0v) is 16.0. The first-order valence-corrected chi connectivity index (χ1v) is 9.10. The highest BCUT2D eigenvalue weighted by Crippen LogP contribution is 2.17. The molecule has 0 radical (unpaired) electrons. The van der Waals surface area contributed by atoms with Crippen molar-refractivity contribution in [3.8, 4) is 0 Å². The third kappa shape index (κ3) is 5.99. The smallest absolute Gasteiger partial charge is 0.257 e. The summed E-state index contributed by atoms with van der Waals surface area (Å²) in [5.41, 5.74) is 2.51. The molecule has 0 aliphatic rings. The van der Waals surface area contributed by atoms with Gasteiger partial charge in [-0.25, -0.2) is 4.39 Å². The molecule has 0 fully saturated rings. The van der Waals surface area contributed by atoms with Crippen molar-refractivity contribution in [2.24, 2.45) is 0 Å². The van der Waals surface area contributed by atoms with Crippen molar-refractivity contribution < 1.29 is 14.0 Å². The molecular weight excluding hydrogens is 393 g/mol. The Labute approximate surface area is 172 Å². The van der Waals surface area contributed by atoms with Gasteiger partial charge in [0, 0.05) is 30.7 Å². The summed E-state index contributed by atoms with van der Waals surface area (Å²) in [4.78, 5) is 28.1. The van der Waals surface area contributed by atoms with Gasteiger partial charge in [0.2, 0.25) is 5.91 Å². The molecule has 1 aromatic heterocycles. The highest BCUT2D eigenvalue weighted by Gasteiger charge is 2.06. The summed E-state index contributed by atoms with van der Waals surface area (Å²) < 4.78 is 13.1. The average Bonchev–Trinajstić information content (AvgIpc) is 2.74. The first kappa shape index (κ1) is 20.2. The van der Waals surface area contributed by atoms with Crippen LogP contribution in [0.1, 0.15) is 21.5 Å². The second kappa shape index (κ2) is 9.61. The van der Waals surface area contributed by atoms with Gasteiger partial charge in [0.25, 0.3) is 5.91 Å². The lowest BCUT2D eigenvalue weighted by Gasteiger charge is -2.08. The molecule has 2 N–H and O–H groups in total. The molecule has 0 aliphatic heterocycles. The van der Waals surface area contributed by atoms with Gasteiger partial charge in [0.15, 0.2) is 0 Å². The summed E-state index contributed by atoms with van der Waals surface area (Å²) in [7, 11) is 0. The molecule has 29 heavy (non-hydrogen) atoms. The van der Waals surface area contributed by atoms with Crippen molar-refractivity contribution in [1.29, 1.82) is 0 Å². The van der Waals surface area contributed by atoms with E-state index in [1.165, 1.54) is 30.5 Å². The Hall–Kier alpha value is -3.51. The van der Waals surface area contributed by atoms with E-state index in [0.29, 0.717) is 16.8 Å². The number of aromatic nitrogens is 1. The van der Waals surface area contributed by atoms with Crippen LogP contribution in [0.2, 0.25) is 5.02 Å². The highest BCUT2D eigenvalue weighted by atomic mass is 35.5. The molecule has 0 unspecified atom stereocenters. The Balaban J connectivity index is 1.56. The van der Waals surface area contributed by atoms with Gasteiger partial charge in [-0.15, -0.1) is 0 Å². The van der Waals surface area contributed by atoms with Crippen molar-refractivity contribution in [2.75, 3.05) is 5.32 Å². The van der Waals surface area contributed by atoms with Gasteiger partial charge in [-0.05, 0) is 53.6 Å². The number of pyridine rings is 1. The van der Waals surface area contributed by atoms with Gasteiger partial charge in [-0.1, -0.05) is 29.8 Å². The van der Waals surface area contributed by atoms with Crippen LogP contribution in [0.3, 0.4) is 0 Å². The lowest BCUT2D eigenvalue weighted by molar-refractivity contribution is -0.116. The first-order chi connectivity index (χ1) is 14.0. The van der Waals surface area contributed by atoms with E-state index < -0.39 is 5.82 Å². The number of nitrogens with zero attached hydrogens (tertiary/aromatic N) is 1. The van der Waals surface area contributed by atoms with Crippen molar-refractivity contribution >= 4 is 35.2 Å². The number of hydrogen-bond acceptors (Lipinski definition) is 3. The molecule has 7 heteroatoms. The van der Waals surface area contributed by atoms with Gasteiger partial charge in [-0.3, -0.25) is 14.6 Å². The van der Waals surface area contributed by atoms with Crippen LogP contribution in [0, 0.1) is 5.82 Å². The summed E-state index contributed by atoms with van der Waals surface area (Å²) in [6.45, 7) is 0.282. The van der Waals surface area contributed by atoms with E-state index in [2.05, 4.69) is 15.6 Å².